The molecule has 1 aromatic heterocycles. The van der Waals surface area contributed by atoms with E-state index in [1.807, 2.05) is 47.1 Å². The first-order valence-corrected chi connectivity index (χ1v) is 10.4. The lowest BCUT2D eigenvalue weighted by Crippen LogP contribution is -2.47. The smallest absolute Gasteiger partial charge is 0.191 e. The highest BCUT2D eigenvalue weighted by Crippen LogP contribution is 2.26. The number of ether oxygens (including phenoxy) is 1. The van der Waals surface area contributed by atoms with Crippen LogP contribution in [0, 0.1) is 6.92 Å². The van der Waals surface area contributed by atoms with Crippen molar-refractivity contribution < 1.29 is 4.74 Å². The van der Waals surface area contributed by atoms with Gasteiger partial charge in [0.05, 0.1) is 13.1 Å². The zero-order chi connectivity index (χ0) is 20.8. The Labute approximate surface area is 200 Å². The first-order chi connectivity index (χ1) is 14.7. The third-order valence-electron chi connectivity index (χ3n) is 5.12. The summed E-state index contributed by atoms with van der Waals surface area (Å²) in [5, 5.41) is 11.2. The van der Waals surface area contributed by atoms with E-state index in [0.717, 1.165) is 54.8 Å². The molecule has 0 saturated carbocycles. The van der Waals surface area contributed by atoms with E-state index < -0.39 is 0 Å². The zero-order valence-electron chi connectivity index (χ0n) is 17.9. The summed E-state index contributed by atoms with van der Waals surface area (Å²) in [6.07, 6.45) is 3.56. The van der Waals surface area contributed by atoms with Gasteiger partial charge in [-0.3, -0.25) is 0 Å². The maximum absolute atomic E-state index is 6.11. The lowest BCUT2D eigenvalue weighted by molar-refractivity contribution is 0.392. The molecule has 2 aromatic carbocycles. The van der Waals surface area contributed by atoms with E-state index in [1.165, 1.54) is 5.56 Å². The van der Waals surface area contributed by atoms with Gasteiger partial charge in [0.2, 0.25) is 0 Å². The average molecular weight is 532 g/mol. The van der Waals surface area contributed by atoms with E-state index in [4.69, 9.17) is 9.73 Å². The van der Waals surface area contributed by atoms with E-state index in [-0.39, 0.29) is 30.0 Å². The molecule has 1 unspecified atom stereocenters. The van der Waals surface area contributed by atoms with Crippen LogP contribution in [-0.2, 0) is 19.5 Å². The van der Waals surface area contributed by atoms with Crippen LogP contribution in [0.4, 0.5) is 0 Å². The van der Waals surface area contributed by atoms with Gasteiger partial charge in [-0.1, -0.05) is 35.9 Å². The van der Waals surface area contributed by atoms with Crippen molar-refractivity contribution in [1.82, 2.24) is 25.4 Å². The fourth-order valence-electron chi connectivity index (χ4n) is 3.50. The number of nitrogens with zero attached hydrogens (tertiary/aromatic N) is 4. The highest BCUT2D eigenvalue weighted by molar-refractivity contribution is 14.0. The standard InChI is InChI=1S/C23H28N6O.HI/c1-3-24-23(28-19-10-13-22-26-16-27-29(22)15-19)25-14-18-6-4-5-7-21(18)30-20-11-8-17(2)9-12-20;/h4-9,11-12,16,19H,3,10,13-15H2,1-2H3,(H2,24,25,28);1H. The first-order valence-electron chi connectivity index (χ1n) is 10.4. The summed E-state index contributed by atoms with van der Waals surface area (Å²) in [4.78, 5) is 9.10. The molecule has 31 heavy (non-hydrogen) atoms. The van der Waals surface area contributed by atoms with E-state index >= 15 is 0 Å². The molecule has 7 nitrogen and oxygen atoms in total. The fourth-order valence-corrected chi connectivity index (χ4v) is 3.50. The van der Waals surface area contributed by atoms with Crippen LogP contribution in [0.25, 0.3) is 0 Å². The van der Waals surface area contributed by atoms with Crippen molar-refractivity contribution in [3.8, 4) is 11.5 Å². The second-order valence-electron chi connectivity index (χ2n) is 7.46. The molecular weight excluding hydrogens is 503 g/mol. The normalized spacial score (nSPS) is 15.5. The Morgan fingerprint density at radius 2 is 2.00 bits per heavy atom. The van der Waals surface area contributed by atoms with Crippen molar-refractivity contribution in [3.05, 3.63) is 71.8 Å². The summed E-state index contributed by atoms with van der Waals surface area (Å²) >= 11 is 0. The summed E-state index contributed by atoms with van der Waals surface area (Å²) in [6, 6.07) is 16.4. The molecule has 4 rings (SSSR count). The number of guanidine groups is 1. The monoisotopic (exact) mass is 532 g/mol. The van der Waals surface area contributed by atoms with Gasteiger partial charge in [-0.2, -0.15) is 5.10 Å². The molecule has 0 radical (unpaired) electrons. The van der Waals surface area contributed by atoms with Gasteiger partial charge in [0, 0.05) is 24.6 Å². The zero-order valence-corrected chi connectivity index (χ0v) is 20.2. The number of para-hydroxylation sites is 1. The summed E-state index contributed by atoms with van der Waals surface area (Å²) < 4.78 is 8.08. The molecule has 0 amide bonds. The number of rotatable bonds is 6. The molecule has 164 valence electrons. The van der Waals surface area contributed by atoms with Gasteiger partial charge in [0.1, 0.15) is 23.7 Å². The number of benzene rings is 2. The van der Waals surface area contributed by atoms with Gasteiger partial charge < -0.3 is 15.4 Å². The Morgan fingerprint density at radius 3 is 2.81 bits per heavy atom. The Morgan fingerprint density at radius 1 is 1.19 bits per heavy atom. The number of nitrogens with one attached hydrogen (secondary N) is 2. The fraction of sp³-hybridized carbons (Fsp3) is 0.348. The highest BCUT2D eigenvalue weighted by atomic mass is 127. The minimum atomic E-state index is 0. The van der Waals surface area contributed by atoms with Crippen molar-refractivity contribution in [3.63, 3.8) is 0 Å². The van der Waals surface area contributed by atoms with E-state index in [9.17, 15) is 0 Å². The number of fused-ring (bicyclic) bond motifs is 1. The van der Waals surface area contributed by atoms with Gasteiger partial charge in [-0.15, -0.1) is 24.0 Å². The summed E-state index contributed by atoms with van der Waals surface area (Å²) in [5.74, 6) is 3.51. The van der Waals surface area contributed by atoms with Gasteiger partial charge in [-0.25, -0.2) is 14.7 Å². The molecule has 0 fully saturated rings. The van der Waals surface area contributed by atoms with E-state index in [0.29, 0.717) is 6.54 Å². The Hall–Kier alpha value is -2.62. The van der Waals surface area contributed by atoms with Gasteiger partial charge in [0.25, 0.3) is 0 Å². The molecule has 8 heteroatoms. The maximum Gasteiger partial charge on any atom is 0.191 e. The average Bonchev–Trinajstić information content (AvgIpc) is 3.23. The van der Waals surface area contributed by atoms with Gasteiger partial charge >= 0.3 is 0 Å². The van der Waals surface area contributed by atoms with Crippen molar-refractivity contribution in [2.75, 3.05) is 6.54 Å². The van der Waals surface area contributed by atoms with Crippen LogP contribution in [0.2, 0.25) is 0 Å². The maximum atomic E-state index is 6.11. The van der Waals surface area contributed by atoms with Crippen molar-refractivity contribution >= 4 is 29.9 Å². The number of aliphatic imine (C=N–C) groups is 1. The highest BCUT2D eigenvalue weighted by Gasteiger charge is 2.20. The molecule has 1 atom stereocenters. The quantitative estimate of drug-likeness (QED) is 0.285. The van der Waals surface area contributed by atoms with Crippen LogP contribution in [0.1, 0.15) is 30.3 Å². The SMILES string of the molecule is CCNC(=NCc1ccccc1Oc1ccc(C)cc1)NC1CCc2ncnn2C1.I. The number of hydrogen-bond donors (Lipinski definition) is 2. The summed E-state index contributed by atoms with van der Waals surface area (Å²) in [7, 11) is 0. The van der Waals surface area contributed by atoms with Crippen LogP contribution >= 0.6 is 24.0 Å². The van der Waals surface area contributed by atoms with Crippen molar-refractivity contribution in [2.45, 2.75) is 45.8 Å². The van der Waals surface area contributed by atoms with E-state index in [2.05, 4.69) is 40.6 Å². The second kappa shape index (κ2) is 11.1. The van der Waals surface area contributed by atoms with Crippen LogP contribution < -0.4 is 15.4 Å². The molecule has 0 bridgehead atoms. The van der Waals surface area contributed by atoms with Crippen LogP contribution in [0.5, 0.6) is 11.5 Å². The van der Waals surface area contributed by atoms with E-state index in [1.54, 1.807) is 6.33 Å². The van der Waals surface area contributed by atoms with Crippen LogP contribution in [0.15, 0.2) is 59.9 Å². The molecule has 1 aliphatic rings. The van der Waals surface area contributed by atoms with Crippen molar-refractivity contribution in [2.24, 2.45) is 4.99 Å². The molecular formula is C23H29IN6O. The number of hydrogen-bond acceptors (Lipinski definition) is 4. The molecule has 0 saturated heterocycles. The number of aromatic nitrogens is 3. The number of aryl methyl sites for hydroxylation is 2. The summed E-state index contributed by atoms with van der Waals surface area (Å²) in [6.45, 7) is 6.26. The van der Waals surface area contributed by atoms with Crippen LogP contribution in [-0.4, -0.2) is 33.3 Å². The topological polar surface area (TPSA) is 76.4 Å². The first kappa shape index (κ1) is 23.1. The van der Waals surface area contributed by atoms with Gasteiger partial charge in [-0.05, 0) is 38.5 Å². The second-order valence-corrected chi connectivity index (χ2v) is 7.46. The number of halogens is 1. The Bertz CT molecular complexity index is 1000. The Balaban J connectivity index is 0.00000272. The minimum Gasteiger partial charge on any atom is -0.457 e. The molecule has 0 spiro atoms. The Kier molecular flexibility index (Phi) is 8.27. The van der Waals surface area contributed by atoms with Crippen LogP contribution in [0.3, 0.4) is 0 Å². The third-order valence-corrected chi connectivity index (χ3v) is 5.12. The lowest BCUT2D eigenvalue weighted by Gasteiger charge is -2.25. The molecule has 0 aliphatic carbocycles. The predicted molar refractivity (Wildman–Crippen MR) is 133 cm³/mol. The molecule has 2 N–H and O–H groups in total. The van der Waals surface area contributed by atoms with Gasteiger partial charge in [0.15, 0.2) is 5.96 Å². The predicted octanol–water partition coefficient (Wildman–Crippen LogP) is 4.07. The van der Waals surface area contributed by atoms with Crippen molar-refractivity contribution in [1.29, 1.82) is 0 Å². The molecule has 1 aliphatic heterocycles. The summed E-state index contributed by atoms with van der Waals surface area (Å²) in [5.41, 5.74) is 2.25. The molecule has 3 aromatic rings. The molecule has 2 heterocycles. The lowest BCUT2D eigenvalue weighted by atomic mass is 10.1. The third kappa shape index (κ3) is 6.19. The largest absolute Gasteiger partial charge is 0.457 e. The minimum absolute atomic E-state index is 0.